The molecule has 212 valence electrons. The maximum absolute atomic E-state index is 13.4. The molecule has 0 bridgehead atoms. The topological polar surface area (TPSA) is 85.1 Å². The van der Waals surface area contributed by atoms with Crippen molar-refractivity contribution in [3.8, 4) is 11.4 Å². The number of rotatable bonds is 19. The number of aromatic nitrogens is 2. The highest BCUT2D eigenvalue weighted by Gasteiger charge is 2.34. The fraction of sp³-hybridized carbons (Fsp3) is 0.688. The maximum Gasteiger partial charge on any atom is 0.250 e. The van der Waals surface area contributed by atoms with Gasteiger partial charge in [0, 0.05) is 17.9 Å². The first-order valence-corrected chi connectivity index (χ1v) is 14.9. The van der Waals surface area contributed by atoms with E-state index in [0.29, 0.717) is 11.7 Å². The van der Waals surface area contributed by atoms with Gasteiger partial charge in [-0.15, -0.1) is 0 Å². The number of hydrogen-bond acceptors (Lipinski definition) is 5. The highest BCUT2D eigenvalue weighted by Crippen LogP contribution is 2.33. The second-order valence-electron chi connectivity index (χ2n) is 11.9. The second-order valence-corrected chi connectivity index (χ2v) is 11.9. The van der Waals surface area contributed by atoms with E-state index >= 15 is 0 Å². The third-order valence-corrected chi connectivity index (χ3v) is 7.18. The SMILES string of the molecule is CCCCCCCCCCCCCC[C@@H](CC(C)=O)C(=O)N[C@H](c1nc(-c2ccccc2)no1)C(C)(C)C. The minimum absolute atomic E-state index is 0.0422. The first-order chi connectivity index (χ1) is 18.2. The Balaban J connectivity index is 1.84. The molecular weight excluding hydrogens is 474 g/mol. The quantitative estimate of drug-likeness (QED) is 0.186. The molecule has 1 amide bonds. The summed E-state index contributed by atoms with van der Waals surface area (Å²) in [5.74, 6) is 0.484. The van der Waals surface area contributed by atoms with Gasteiger partial charge in [-0.1, -0.05) is 140 Å². The van der Waals surface area contributed by atoms with Gasteiger partial charge in [-0.3, -0.25) is 4.79 Å². The molecule has 0 aliphatic carbocycles. The summed E-state index contributed by atoms with van der Waals surface area (Å²) >= 11 is 0. The highest BCUT2D eigenvalue weighted by atomic mass is 16.5. The highest BCUT2D eigenvalue weighted by molar-refractivity contribution is 5.85. The van der Waals surface area contributed by atoms with Gasteiger partial charge in [0.1, 0.15) is 11.8 Å². The number of unbranched alkanes of at least 4 members (excludes halogenated alkanes) is 11. The van der Waals surface area contributed by atoms with Crippen molar-refractivity contribution < 1.29 is 14.1 Å². The van der Waals surface area contributed by atoms with Gasteiger partial charge >= 0.3 is 0 Å². The van der Waals surface area contributed by atoms with Gasteiger partial charge in [0.25, 0.3) is 0 Å². The summed E-state index contributed by atoms with van der Waals surface area (Å²) in [7, 11) is 0. The molecule has 0 spiro atoms. The Hall–Kier alpha value is -2.50. The van der Waals surface area contributed by atoms with Crippen molar-refractivity contribution in [2.75, 3.05) is 0 Å². The Morgan fingerprint density at radius 2 is 1.42 bits per heavy atom. The van der Waals surface area contributed by atoms with Gasteiger partial charge in [0.2, 0.25) is 17.6 Å². The lowest BCUT2D eigenvalue weighted by Gasteiger charge is -2.30. The molecule has 6 heteroatoms. The smallest absolute Gasteiger partial charge is 0.250 e. The molecule has 0 unspecified atom stereocenters. The van der Waals surface area contributed by atoms with Crippen LogP contribution in [0, 0.1) is 11.3 Å². The van der Waals surface area contributed by atoms with Gasteiger partial charge in [0.15, 0.2) is 0 Å². The number of Topliss-reactive ketones (excluding diaryl/α,β-unsaturated/α-hetero) is 1. The van der Waals surface area contributed by atoms with E-state index in [1.54, 1.807) is 6.92 Å². The van der Waals surface area contributed by atoms with Crippen molar-refractivity contribution in [3.63, 3.8) is 0 Å². The Morgan fingerprint density at radius 3 is 1.95 bits per heavy atom. The third kappa shape index (κ3) is 11.9. The summed E-state index contributed by atoms with van der Waals surface area (Å²) in [5, 5.41) is 7.29. The van der Waals surface area contributed by atoms with E-state index < -0.39 is 6.04 Å². The van der Waals surface area contributed by atoms with Crippen LogP contribution < -0.4 is 5.32 Å². The molecule has 1 heterocycles. The van der Waals surface area contributed by atoms with E-state index in [-0.39, 0.29) is 29.4 Å². The molecule has 2 aromatic rings. The summed E-state index contributed by atoms with van der Waals surface area (Å²) in [6.45, 7) is 9.93. The normalized spacial score (nSPS) is 13.3. The van der Waals surface area contributed by atoms with Crippen LogP contribution in [0.3, 0.4) is 0 Å². The van der Waals surface area contributed by atoms with Crippen LogP contribution in [0.1, 0.15) is 136 Å². The monoisotopic (exact) mass is 525 g/mol. The molecule has 0 saturated heterocycles. The minimum Gasteiger partial charge on any atom is -0.344 e. The number of carbonyl (C=O) groups excluding carboxylic acids is 2. The van der Waals surface area contributed by atoms with Crippen LogP contribution in [0.5, 0.6) is 0 Å². The molecule has 2 rings (SSSR count). The predicted octanol–water partition coefficient (Wildman–Crippen LogP) is 8.63. The van der Waals surface area contributed by atoms with Crippen molar-refractivity contribution in [1.29, 1.82) is 0 Å². The Labute approximate surface area is 230 Å². The van der Waals surface area contributed by atoms with E-state index in [1.807, 2.05) is 51.1 Å². The van der Waals surface area contributed by atoms with Crippen LogP contribution >= 0.6 is 0 Å². The summed E-state index contributed by atoms with van der Waals surface area (Å²) in [4.78, 5) is 29.9. The van der Waals surface area contributed by atoms with Crippen LogP contribution in [0.4, 0.5) is 0 Å². The van der Waals surface area contributed by atoms with Crippen molar-refractivity contribution in [2.45, 2.75) is 131 Å². The molecule has 38 heavy (non-hydrogen) atoms. The van der Waals surface area contributed by atoms with Crippen LogP contribution in [0.2, 0.25) is 0 Å². The number of carbonyl (C=O) groups is 2. The summed E-state index contributed by atoms with van der Waals surface area (Å²) in [5.41, 5.74) is 0.523. The molecule has 0 fully saturated rings. The van der Waals surface area contributed by atoms with Gasteiger partial charge < -0.3 is 14.6 Å². The Kier molecular flexibility index (Phi) is 14.3. The molecule has 1 aromatic heterocycles. The van der Waals surface area contributed by atoms with E-state index in [2.05, 4.69) is 22.4 Å². The first-order valence-electron chi connectivity index (χ1n) is 14.9. The summed E-state index contributed by atoms with van der Waals surface area (Å²) in [6, 6.07) is 9.20. The average molecular weight is 526 g/mol. The summed E-state index contributed by atoms with van der Waals surface area (Å²) in [6.07, 6.45) is 16.3. The summed E-state index contributed by atoms with van der Waals surface area (Å²) < 4.78 is 5.60. The molecule has 0 saturated carbocycles. The largest absolute Gasteiger partial charge is 0.344 e. The molecule has 0 aliphatic rings. The zero-order valence-corrected chi connectivity index (χ0v) is 24.6. The number of nitrogens with zero attached hydrogens (tertiary/aromatic N) is 2. The lowest BCUT2D eigenvalue weighted by molar-refractivity contribution is -0.130. The standard InChI is InChI=1S/C32H51N3O3/c1-6-7-8-9-10-11-12-13-14-15-16-18-23-27(24-25(2)36)30(37)33-28(32(3,4)5)31-34-29(35-38-31)26-21-19-17-20-22-26/h17,19-22,27-28H,6-16,18,23-24H2,1-5H3,(H,33,37)/t27-,28+/m0/s1. The van der Waals surface area contributed by atoms with Crippen LogP contribution in [-0.4, -0.2) is 21.8 Å². The molecular formula is C32H51N3O3. The van der Waals surface area contributed by atoms with E-state index in [4.69, 9.17) is 4.52 Å². The van der Waals surface area contributed by atoms with Gasteiger partial charge in [-0.05, 0) is 18.8 Å². The van der Waals surface area contributed by atoms with E-state index in [9.17, 15) is 9.59 Å². The fourth-order valence-corrected chi connectivity index (χ4v) is 4.87. The van der Waals surface area contributed by atoms with E-state index in [0.717, 1.165) is 24.8 Å². The minimum atomic E-state index is -0.448. The number of ketones is 1. The van der Waals surface area contributed by atoms with Crippen molar-refractivity contribution in [2.24, 2.45) is 11.3 Å². The van der Waals surface area contributed by atoms with Gasteiger partial charge in [0.05, 0.1) is 0 Å². The molecule has 2 atom stereocenters. The number of benzene rings is 1. The number of nitrogens with one attached hydrogen (secondary N) is 1. The van der Waals surface area contributed by atoms with Crippen molar-refractivity contribution in [1.82, 2.24) is 15.5 Å². The Bertz CT molecular complexity index is 933. The zero-order chi connectivity index (χ0) is 27.8. The van der Waals surface area contributed by atoms with Crippen LogP contribution in [0.15, 0.2) is 34.9 Å². The third-order valence-electron chi connectivity index (χ3n) is 7.18. The fourth-order valence-electron chi connectivity index (χ4n) is 4.87. The predicted molar refractivity (Wildman–Crippen MR) is 155 cm³/mol. The maximum atomic E-state index is 13.4. The second kappa shape index (κ2) is 17.2. The average Bonchev–Trinajstić information content (AvgIpc) is 3.36. The number of amides is 1. The van der Waals surface area contributed by atoms with Crippen LogP contribution in [0.25, 0.3) is 11.4 Å². The molecule has 1 N–H and O–H groups in total. The van der Waals surface area contributed by atoms with Crippen molar-refractivity contribution >= 4 is 11.7 Å². The molecule has 1 aromatic carbocycles. The zero-order valence-electron chi connectivity index (χ0n) is 24.6. The van der Waals surface area contributed by atoms with Crippen LogP contribution in [-0.2, 0) is 9.59 Å². The molecule has 0 radical (unpaired) electrons. The molecule has 0 aliphatic heterocycles. The lowest BCUT2D eigenvalue weighted by Crippen LogP contribution is -2.40. The lowest BCUT2D eigenvalue weighted by atomic mass is 9.85. The number of hydrogen-bond donors (Lipinski definition) is 1. The van der Waals surface area contributed by atoms with Gasteiger partial charge in [-0.2, -0.15) is 4.98 Å². The van der Waals surface area contributed by atoms with E-state index in [1.165, 1.54) is 64.2 Å². The van der Waals surface area contributed by atoms with Crippen molar-refractivity contribution in [3.05, 3.63) is 36.2 Å². The Morgan fingerprint density at radius 1 is 0.868 bits per heavy atom. The molecule has 6 nitrogen and oxygen atoms in total. The first kappa shape index (κ1) is 31.7. The van der Waals surface area contributed by atoms with Gasteiger partial charge in [-0.25, -0.2) is 0 Å².